The van der Waals surface area contributed by atoms with Crippen LogP contribution in [0, 0.1) is 0 Å². The Labute approximate surface area is 91.9 Å². The maximum absolute atomic E-state index is 10.9. The van der Waals surface area contributed by atoms with E-state index in [1.165, 1.54) is 6.20 Å². The van der Waals surface area contributed by atoms with E-state index in [4.69, 9.17) is 10.8 Å². The minimum Gasteiger partial charge on any atom is -0.478 e. The van der Waals surface area contributed by atoms with E-state index in [1.807, 2.05) is 18.2 Å². The van der Waals surface area contributed by atoms with Gasteiger partial charge in [-0.1, -0.05) is 12.1 Å². The van der Waals surface area contributed by atoms with Crippen LogP contribution >= 0.6 is 0 Å². The van der Waals surface area contributed by atoms with Crippen LogP contribution in [0.25, 0.3) is 0 Å². The van der Waals surface area contributed by atoms with E-state index in [0.29, 0.717) is 17.8 Å². The number of anilines is 1. The molecule has 0 spiro atoms. The van der Waals surface area contributed by atoms with Gasteiger partial charge in [-0.2, -0.15) is 5.10 Å². The highest BCUT2D eigenvalue weighted by molar-refractivity contribution is 5.88. The third kappa shape index (κ3) is 2.03. The number of hydrogen-bond donors (Lipinski definition) is 3. The Balaban J connectivity index is 2.27. The quantitative estimate of drug-likeness (QED) is 0.675. The molecule has 1 aromatic heterocycles. The minimum absolute atomic E-state index is 0.197. The second-order valence-electron chi connectivity index (χ2n) is 3.49. The van der Waals surface area contributed by atoms with Gasteiger partial charge in [0.1, 0.15) is 5.56 Å². The molecule has 0 bridgehead atoms. The fraction of sp³-hybridized carbons (Fsp3) is 0.0909. The lowest BCUT2D eigenvalue weighted by Gasteiger charge is -2.01. The smallest absolute Gasteiger partial charge is 0.339 e. The number of aromatic nitrogens is 2. The molecule has 2 rings (SSSR count). The summed E-state index contributed by atoms with van der Waals surface area (Å²) in [6, 6.07) is 7.32. The summed E-state index contributed by atoms with van der Waals surface area (Å²) in [5.41, 5.74) is 8.03. The number of aromatic carboxylic acids is 1. The average Bonchev–Trinajstić information content (AvgIpc) is 2.66. The van der Waals surface area contributed by atoms with Crippen LogP contribution in [0.1, 0.15) is 21.6 Å². The van der Waals surface area contributed by atoms with Crippen molar-refractivity contribution < 1.29 is 9.90 Å². The fourth-order valence-corrected chi connectivity index (χ4v) is 1.54. The molecule has 4 N–H and O–H groups in total. The van der Waals surface area contributed by atoms with E-state index in [0.717, 1.165) is 5.56 Å². The number of hydrogen-bond acceptors (Lipinski definition) is 3. The summed E-state index contributed by atoms with van der Waals surface area (Å²) in [5, 5.41) is 15.3. The molecule has 0 unspecified atom stereocenters. The van der Waals surface area contributed by atoms with Crippen LogP contribution in [0.2, 0.25) is 0 Å². The van der Waals surface area contributed by atoms with Crippen LogP contribution in [0.4, 0.5) is 5.69 Å². The summed E-state index contributed by atoms with van der Waals surface area (Å²) < 4.78 is 0. The highest BCUT2D eigenvalue weighted by atomic mass is 16.4. The number of nitrogens with one attached hydrogen (secondary N) is 1. The number of carboxylic acid groups (broad SMARTS) is 1. The molecule has 16 heavy (non-hydrogen) atoms. The molecule has 1 heterocycles. The Hall–Kier alpha value is -2.30. The molecule has 5 heteroatoms. The van der Waals surface area contributed by atoms with Crippen molar-refractivity contribution in [2.75, 3.05) is 5.73 Å². The predicted octanol–water partition coefficient (Wildman–Crippen LogP) is 1.28. The molecule has 0 aliphatic rings. The van der Waals surface area contributed by atoms with Crippen molar-refractivity contribution in [3.8, 4) is 0 Å². The molecular weight excluding hydrogens is 206 g/mol. The molecule has 82 valence electrons. The fourth-order valence-electron chi connectivity index (χ4n) is 1.54. The van der Waals surface area contributed by atoms with Gasteiger partial charge >= 0.3 is 5.97 Å². The molecular formula is C11H11N3O2. The van der Waals surface area contributed by atoms with Crippen LogP contribution in [0.15, 0.2) is 30.5 Å². The van der Waals surface area contributed by atoms with Crippen LogP contribution in [0.3, 0.4) is 0 Å². The standard InChI is InChI=1S/C11H11N3O2/c12-8-3-1-2-7(4-8)5-10-9(11(15)16)6-13-14-10/h1-4,6H,5,12H2,(H,13,14)(H,15,16). The van der Waals surface area contributed by atoms with Crippen LogP contribution in [-0.2, 0) is 6.42 Å². The number of H-pyrrole nitrogens is 1. The van der Waals surface area contributed by atoms with Crippen molar-refractivity contribution >= 4 is 11.7 Å². The van der Waals surface area contributed by atoms with E-state index in [2.05, 4.69) is 10.2 Å². The zero-order chi connectivity index (χ0) is 11.5. The number of benzene rings is 1. The molecule has 5 nitrogen and oxygen atoms in total. The number of rotatable bonds is 3. The summed E-state index contributed by atoms with van der Waals surface area (Å²) in [4.78, 5) is 10.9. The number of nitrogens with zero attached hydrogens (tertiary/aromatic N) is 1. The van der Waals surface area contributed by atoms with Gasteiger partial charge in [0.2, 0.25) is 0 Å². The topological polar surface area (TPSA) is 92.0 Å². The largest absolute Gasteiger partial charge is 0.478 e. The van der Waals surface area contributed by atoms with Crippen molar-refractivity contribution in [1.29, 1.82) is 0 Å². The number of aromatic amines is 1. The summed E-state index contributed by atoms with van der Waals surface area (Å²) >= 11 is 0. The zero-order valence-electron chi connectivity index (χ0n) is 8.47. The molecule has 1 aromatic carbocycles. The normalized spacial score (nSPS) is 10.2. The maximum Gasteiger partial charge on any atom is 0.339 e. The van der Waals surface area contributed by atoms with Crippen LogP contribution in [0.5, 0.6) is 0 Å². The Bertz CT molecular complexity index is 519. The second kappa shape index (κ2) is 4.06. The second-order valence-corrected chi connectivity index (χ2v) is 3.49. The molecule has 0 amide bonds. The molecule has 0 fully saturated rings. The minimum atomic E-state index is -0.979. The molecule has 0 saturated carbocycles. The van der Waals surface area contributed by atoms with Gasteiger partial charge in [-0.3, -0.25) is 5.10 Å². The Kier molecular flexibility index (Phi) is 2.59. The zero-order valence-corrected chi connectivity index (χ0v) is 8.47. The Morgan fingerprint density at radius 2 is 2.31 bits per heavy atom. The van der Waals surface area contributed by atoms with Gasteiger partial charge in [0.25, 0.3) is 0 Å². The lowest BCUT2D eigenvalue weighted by molar-refractivity contribution is 0.0696. The van der Waals surface area contributed by atoms with E-state index in [-0.39, 0.29) is 5.56 Å². The summed E-state index contributed by atoms with van der Waals surface area (Å²) in [5.74, 6) is -0.979. The average molecular weight is 217 g/mol. The lowest BCUT2D eigenvalue weighted by Crippen LogP contribution is -2.01. The van der Waals surface area contributed by atoms with Crippen molar-refractivity contribution in [3.63, 3.8) is 0 Å². The van der Waals surface area contributed by atoms with Gasteiger partial charge in [-0.15, -0.1) is 0 Å². The number of nitrogens with two attached hydrogens (primary N) is 1. The maximum atomic E-state index is 10.9. The van der Waals surface area contributed by atoms with Gasteiger partial charge in [0, 0.05) is 12.1 Å². The van der Waals surface area contributed by atoms with Gasteiger partial charge in [-0.05, 0) is 17.7 Å². The number of carbonyl (C=O) groups is 1. The first-order valence-electron chi connectivity index (χ1n) is 4.77. The predicted molar refractivity (Wildman–Crippen MR) is 59.2 cm³/mol. The van der Waals surface area contributed by atoms with Crippen molar-refractivity contribution in [2.24, 2.45) is 0 Å². The molecule has 0 radical (unpaired) electrons. The van der Waals surface area contributed by atoms with Crippen LogP contribution in [-0.4, -0.2) is 21.3 Å². The monoisotopic (exact) mass is 217 g/mol. The molecule has 0 atom stereocenters. The van der Waals surface area contributed by atoms with E-state index in [9.17, 15) is 4.79 Å². The first-order valence-corrected chi connectivity index (χ1v) is 4.77. The van der Waals surface area contributed by atoms with E-state index in [1.54, 1.807) is 6.07 Å². The third-order valence-corrected chi connectivity index (χ3v) is 2.28. The highest BCUT2D eigenvalue weighted by Gasteiger charge is 2.12. The van der Waals surface area contributed by atoms with Gasteiger partial charge in [0.05, 0.1) is 11.9 Å². The third-order valence-electron chi connectivity index (χ3n) is 2.28. The van der Waals surface area contributed by atoms with Gasteiger partial charge < -0.3 is 10.8 Å². The SMILES string of the molecule is Nc1cccc(Cc2[nH]ncc2C(=O)O)c1. The van der Waals surface area contributed by atoms with E-state index >= 15 is 0 Å². The number of nitrogen functional groups attached to an aromatic ring is 1. The number of carboxylic acids is 1. The summed E-state index contributed by atoms with van der Waals surface area (Å²) in [6.07, 6.45) is 1.79. The molecule has 0 saturated heterocycles. The molecule has 0 aliphatic heterocycles. The summed E-state index contributed by atoms with van der Waals surface area (Å²) in [6.45, 7) is 0. The van der Waals surface area contributed by atoms with Crippen molar-refractivity contribution in [3.05, 3.63) is 47.3 Å². The Morgan fingerprint density at radius 3 is 3.00 bits per heavy atom. The van der Waals surface area contributed by atoms with Gasteiger partial charge in [-0.25, -0.2) is 4.79 Å². The molecule has 2 aromatic rings. The van der Waals surface area contributed by atoms with Gasteiger partial charge in [0.15, 0.2) is 0 Å². The highest BCUT2D eigenvalue weighted by Crippen LogP contribution is 2.13. The summed E-state index contributed by atoms with van der Waals surface area (Å²) in [7, 11) is 0. The van der Waals surface area contributed by atoms with Crippen molar-refractivity contribution in [1.82, 2.24) is 10.2 Å². The first-order chi connectivity index (χ1) is 7.66. The Morgan fingerprint density at radius 1 is 1.50 bits per heavy atom. The van der Waals surface area contributed by atoms with E-state index < -0.39 is 5.97 Å². The van der Waals surface area contributed by atoms with Crippen LogP contribution < -0.4 is 5.73 Å². The van der Waals surface area contributed by atoms with Crippen molar-refractivity contribution in [2.45, 2.75) is 6.42 Å². The molecule has 0 aliphatic carbocycles. The first kappa shape index (κ1) is 10.2. The lowest BCUT2D eigenvalue weighted by atomic mass is 10.1.